The molecule has 0 unspecified atom stereocenters. The quantitative estimate of drug-likeness (QED) is 0.526. The molecule has 0 aliphatic heterocycles. The van der Waals surface area contributed by atoms with Gasteiger partial charge in [-0.05, 0) is 42.0 Å². The van der Waals surface area contributed by atoms with Gasteiger partial charge in [-0.3, -0.25) is 9.20 Å². The summed E-state index contributed by atoms with van der Waals surface area (Å²) < 4.78 is 1.86. The van der Waals surface area contributed by atoms with Crippen LogP contribution in [0.5, 0.6) is 0 Å². The normalized spacial score (nSPS) is 11.1. The topological polar surface area (TPSA) is 59.3 Å². The molecule has 0 saturated heterocycles. The zero-order valence-corrected chi connectivity index (χ0v) is 15.0. The minimum absolute atomic E-state index is 0.209. The van der Waals surface area contributed by atoms with E-state index in [2.05, 4.69) is 15.3 Å². The average molecular weight is 375 g/mol. The number of rotatable bonds is 4. The number of benzene rings is 2. The lowest BCUT2D eigenvalue weighted by Gasteiger charge is -2.04. The molecule has 0 spiro atoms. The lowest BCUT2D eigenvalue weighted by molar-refractivity contribution is -0.111. The number of hydrogen-bond acceptors (Lipinski definition) is 3. The third-order valence-corrected chi connectivity index (χ3v) is 4.21. The standard InChI is InChI=1S/C21H15ClN4O/c22-17-8-5-15(6-9-17)7-10-20(27)24-18-4-1-3-16(13-18)19-14-26-12-2-11-23-21(26)25-19/h1-14H,(H,24,27)/b10-7+. The maximum Gasteiger partial charge on any atom is 0.248 e. The van der Waals surface area contributed by atoms with Crippen LogP contribution < -0.4 is 5.32 Å². The fourth-order valence-corrected chi connectivity index (χ4v) is 2.78. The van der Waals surface area contributed by atoms with Crippen LogP contribution in [-0.2, 0) is 4.79 Å². The Kier molecular flexibility index (Phi) is 4.68. The summed E-state index contributed by atoms with van der Waals surface area (Å²) in [5, 5.41) is 3.53. The number of aromatic nitrogens is 3. The van der Waals surface area contributed by atoms with E-state index in [-0.39, 0.29) is 5.91 Å². The summed E-state index contributed by atoms with van der Waals surface area (Å²) in [5.74, 6) is 0.423. The SMILES string of the molecule is O=C(/C=C/c1ccc(Cl)cc1)Nc1cccc(-c2cn3cccnc3n2)c1. The summed E-state index contributed by atoms with van der Waals surface area (Å²) in [6, 6.07) is 16.7. The van der Waals surface area contributed by atoms with Gasteiger partial charge in [0, 0.05) is 40.9 Å². The lowest BCUT2D eigenvalue weighted by atomic mass is 10.1. The molecular formula is C21H15ClN4O. The number of anilines is 1. The van der Waals surface area contributed by atoms with E-state index in [9.17, 15) is 4.79 Å². The molecule has 5 nitrogen and oxygen atoms in total. The lowest BCUT2D eigenvalue weighted by Crippen LogP contribution is -2.07. The second-order valence-corrected chi connectivity index (χ2v) is 6.34. The molecule has 0 saturated carbocycles. The first-order valence-corrected chi connectivity index (χ1v) is 8.70. The minimum Gasteiger partial charge on any atom is -0.322 e. The third-order valence-electron chi connectivity index (χ3n) is 3.96. The molecule has 2 aromatic heterocycles. The van der Waals surface area contributed by atoms with Crippen LogP contribution in [0.2, 0.25) is 5.02 Å². The summed E-state index contributed by atoms with van der Waals surface area (Å²) in [7, 11) is 0. The van der Waals surface area contributed by atoms with Crippen LogP contribution >= 0.6 is 11.6 Å². The van der Waals surface area contributed by atoms with E-state index in [4.69, 9.17) is 11.6 Å². The van der Waals surface area contributed by atoms with Crippen LogP contribution in [0.4, 0.5) is 5.69 Å². The maximum atomic E-state index is 12.2. The molecule has 0 atom stereocenters. The molecule has 2 aromatic carbocycles. The molecule has 2 heterocycles. The van der Waals surface area contributed by atoms with Gasteiger partial charge in [-0.2, -0.15) is 0 Å². The van der Waals surface area contributed by atoms with E-state index >= 15 is 0 Å². The molecule has 0 fully saturated rings. The van der Waals surface area contributed by atoms with Crippen LogP contribution in [0, 0.1) is 0 Å². The molecule has 0 aliphatic carbocycles. The number of nitrogens with one attached hydrogen (secondary N) is 1. The number of fused-ring (bicyclic) bond motifs is 1. The summed E-state index contributed by atoms with van der Waals surface area (Å²) in [6.07, 6.45) is 8.74. The highest BCUT2D eigenvalue weighted by Crippen LogP contribution is 2.22. The molecule has 27 heavy (non-hydrogen) atoms. The Morgan fingerprint density at radius 1 is 1.11 bits per heavy atom. The number of amides is 1. The predicted molar refractivity (Wildman–Crippen MR) is 108 cm³/mol. The second kappa shape index (κ2) is 7.43. The number of hydrogen-bond donors (Lipinski definition) is 1. The predicted octanol–water partition coefficient (Wildman–Crippen LogP) is 4.70. The monoisotopic (exact) mass is 374 g/mol. The minimum atomic E-state index is -0.209. The Morgan fingerprint density at radius 3 is 2.78 bits per heavy atom. The van der Waals surface area contributed by atoms with Crippen LogP contribution in [0.15, 0.2) is 79.3 Å². The second-order valence-electron chi connectivity index (χ2n) is 5.91. The largest absolute Gasteiger partial charge is 0.322 e. The summed E-state index contributed by atoms with van der Waals surface area (Å²) in [4.78, 5) is 20.9. The zero-order valence-electron chi connectivity index (χ0n) is 14.2. The van der Waals surface area contributed by atoms with E-state index in [1.165, 1.54) is 6.08 Å². The molecule has 4 rings (SSSR count). The van der Waals surface area contributed by atoms with Crippen molar-refractivity contribution in [2.45, 2.75) is 0 Å². The highest BCUT2D eigenvalue weighted by Gasteiger charge is 2.06. The molecule has 1 amide bonds. The fraction of sp³-hybridized carbons (Fsp3) is 0. The fourth-order valence-electron chi connectivity index (χ4n) is 2.66. The molecule has 132 valence electrons. The van der Waals surface area contributed by atoms with E-state index in [0.29, 0.717) is 16.5 Å². The number of carbonyl (C=O) groups excluding carboxylic acids is 1. The maximum absolute atomic E-state index is 12.2. The zero-order chi connectivity index (χ0) is 18.6. The van der Waals surface area contributed by atoms with Gasteiger partial charge in [0.05, 0.1) is 5.69 Å². The molecule has 0 aliphatic rings. The van der Waals surface area contributed by atoms with Gasteiger partial charge in [0.15, 0.2) is 0 Å². The number of carbonyl (C=O) groups is 1. The van der Waals surface area contributed by atoms with Crippen molar-refractivity contribution in [2.75, 3.05) is 5.32 Å². The van der Waals surface area contributed by atoms with E-state index in [1.54, 1.807) is 24.4 Å². The van der Waals surface area contributed by atoms with Crippen LogP contribution in [0.25, 0.3) is 23.1 Å². The van der Waals surface area contributed by atoms with Gasteiger partial charge in [-0.25, -0.2) is 9.97 Å². The molecule has 0 bridgehead atoms. The first-order valence-electron chi connectivity index (χ1n) is 8.32. The number of nitrogens with zero attached hydrogens (tertiary/aromatic N) is 3. The van der Waals surface area contributed by atoms with Crippen LogP contribution in [0.1, 0.15) is 5.56 Å². The van der Waals surface area contributed by atoms with Crippen molar-refractivity contribution in [2.24, 2.45) is 0 Å². The van der Waals surface area contributed by atoms with Gasteiger partial charge in [0.1, 0.15) is 0 Å². The summed E-state index contributed by atoms with van der Waals surface area (Å²) in [6.45, 7) is 0. The van der Waals surface area contributed by atoms with Gasteiger partial charge in [0.25, 0.3) is 0 Å². The van der Waals surface area contributed by atoms with Gasteiger partial charge in [-0.15, -0.1) is 0 Å². The van der Waals surface area contributed by atoms with Crippen molar-refractivity contribution >= 4 is 35.0 Å². The summed E-state index contributed by atoms with van der Waals surface area (Å²) in [5.41, 5.74) is 3.30. The highest BCUT2D eigenvalue weighted by atomic mass is 35.5. The van der Waals surface area contributed by atoms with Gasteiger partial charge in [0.2, 0.25) is 11.7 Å². The molecule has 6 heteroatoms. The van der Waals surface area contributed by atoms with E-state index in [1.807, 2.05) is 59.3 Å². The van der Waals surface area contributed by atoms with Crippen molar-refractivity contribution < 1.29 is 4.79 Å². The van der Waals surface area contributed by atoms with Crippen molar-refractivity contribution in [3.05, 3.63) is 89.8 Å². The van der Waals surface area contributed by atoms with Crippen molar-refractivity contribution in [1.29, 1.82) is 0 Å². The summed E-state index contributed by atoms with van der Waals surface area (Å²) >= 11 is 5.86. The van der Waals surface area contributed by atoms with Crippen molar-refractivity contribution in [3.8, 4) is 11.3 Å². The Bertz CT molecular complexity index is 1100. The first kappa shape index (κ1) is 17.0. The average Bonchev–Trinajstić information content (AvgIpc) is 3.12. The van der Waals surface area contributed by atoms with E-state index in [0.717, 1.165) is 16.8 Å². The first-order chi connectivity index (χ1) is 13.2. The van der Waals surface area contributed by atoms with Crippen molar-refractivity contribution in [1.82, 2.24) is 14.4 Å². The number of halogens is 1. The molecule has 1 N–H and O–H groups in total. The van der Waals surface area contributed by atoms with Crippen LogP contribution in [0.3, 0.4) is 0 Å². The third kappa shape index (κ3) is 4.04. The van der Waals surface area contributed by atoms with Gasteiger partial charge in [-0.1, -0.05) is 35.9 Å². The molecule has 4 aromatic rings. The van der Waals surface area contributed by atoms with Gasteiger partial charge >= 0.3 is 0 Å². The van der Waals surface area contributed by atoms with Gasteiger partial charge < -0.3 is 5.32 Å². The molecule has 0 radical (unpaired) electrons. The Morgan fingerprint density at radius 2 is 1.96 bits per heavy atom. The Balaban J connectivity index is 1.50. The Labute approximate surface area is 161 Å². The van der Waals surface area contributed by atoms with Crippen LogP contribution in [-0.4, -0.2) is 20.3 Å². The van der Waals surface area contributed by atoms with Crippen molar-refractivity contribution in [3.63, 3.8) is 0 Å². The molecular weight excluding hydrogens is 360 g/mol. The smallest absolute Gasteiger partial charge is 0.248 e. The van der Waals surface area contributed by atoms with E-state index < -0.39 is 0 Å². The number of imidazole rings is 1. The highest BCUT2D eigenvalue weighted by molar-refractivity contribution is 6.30. The Hall–Kier alpha value is -3.44.